The first-order valence-electron chi connectivity index (χ1n) is 7.89. The van der Waals surface area contributed by atoms with Crippen LogP contribution in [0.5, 0.6) is 5.75 Å². The highest BCUT2D eigenvalue weighted by atomic mass is 16.6. The van der Waals surface area contributed by atoms with Gasteiger partial charge in [-0.05, 0) is 43.3 Å². The molecule has 0 saturated carbocycles. The highest BCUT2D eigenvalue weighted by Crippen LogP contribution is 2.46. The maximum atomic E-state index is 12.9. The van der Waals surface area contributed by atoms with E-state index in [1.54, 1.807) is 50.4 Å². The van der Waals surface area contributed by atoms with Crippen LogP contribution in [-0.4, -0.2) is 36.2 Å². The van der Waals surface area contributed by atoms with Gasteiger partial charge in [0.05, 0.1) is 18.5 Å². The van der Waals surface area contributed by atoms with Gasteiger partial charge in [0, 0.05) is 5.56 Å². The van der Waals surface area contributed by atoms with Crippen molar-refractivity contribution in [3.05, 3.63) is 60.2 Å². The van der Waals surface area contributed by atoms with Crippen LogP contribution in [0.2, 0.25) is 0 Å². The number of ketones is 1. The van der Waals surface area contributed by atoms with Crippen molar-refractivity contribution in [1.82, 2.24) is 0 Å². The van der Waals surface area contributed by atoms with E-state index in [-0.39, 0.29) is 11.7 Å². The van der Waals surface area contributed by atoms with Crippen LogP contribution in [0.15, 0.2) is 59.7 Å². The lowest BCUT2D eigenvalue weighted by molar-refractivity contribution is -0.120. The molecular weight excluding hydrogens is 320 g/mol. The van der Waals surface area contributed by atoms with Crippen LogP contribution in [0.4, 0.5) is 5.69 Å². The van der Waals surface area contributed by atoms with E-state index in [2.05, 4.69) is 5.10 Å². The smallest absolute Gasteiger partial charge is 0.288 e. The lowest BCUT2D eigenvalue weighted by atomic mass is 9.94. The summed E-state index contributed by atoms with van der Waals surface area (Å²) in [6.07, 6.45) is -0.842. The van der Waals surface area contributed by atoms with Gasteiger partial charge in [-0.3, -0.25) is 9.59 Å². The molecule has 6 heteroatoms. The summed E-state index contributed by atoms with van der Waals surface area (Å²) in [6.45, 7) is 1.71. The largest absolute Gasteiger partial charge is 0.497 e. The molecule has 2 aromatic rings. The molecule has 2 heterocycles. The fourth-order valence-corrected chi connectivity index (χ4v) is 3.06. The molecule has 0 bridgehead atoms. The molecule has 6 nitrogen and oxygen atoms in total. The zero-order valence-corrected chi connectivity index (χ0v) is 13.8. The van der Waals surface area contributed by atoms with Crippen LogP contribution in [0.3, 0.4) is 0 Å². The fraction of sp³-hybridized carbons (Fsp3) is 0.211. The van der Waals surface area contributed by atoms with Gasteiger partial charge in [-0.15, -0.1) is 0 Å². The quantitative estimate of drug-likeness (QED) is 0.635. The molecule has 4 rings (SSSR count). The van der Waals surface area contributed by atoms with Gasteiger partial charge in [-0.2, -0.15) is 10.1 Å². The maximum Gasteiger partial charge on any atom is 0.288 e. The predicted octanol–water partition coefficient (Wildman–Crippen LogP) is 2.44. The average Bonchev–Trinajstić information content (AvgIpc) is 3.37. The fourth-order valence-electron chi connectivity index (χ4n) is 3.06. The Labute approximate surface area is 144 Å². The third-order valence-electron chi connectivity index (χ3n) is 4.53. The third-order valence-corrected chi connectivity index (χ3v) is 4.53. The van der Waals surface area contributed by atoms with Gasteiger partial charge < -0.3 is 9.47 Å². The number of amides is 1. The molecule has 2 atom stereocenters. The molecule has 0 aromatic heterocycles. The Morgan fingerprint density at radius 2 is 1.84 bits per heavy atom. The minimum absolute atomic E-state index is 0.236. The van der Waals surface area contributed by atoms with Crippen LogP contribution >= 0.6 is 0 Å². The number of ether oxygens (including phenoxy) is 2. The van der Waals surface area contributed by atoms with Gasteiger partial charge in [-0.25, -0.2) is 0 Å². The summed E-state index contributed by atoms with van der Waals surface area (Å²) >= 11 is 0. The number of carbonyl (C=O) groups is 2. The first-order chi connectivity index (χ1) is 12.1. The summed E-state index contributed by atoms with van der Waals surface area (Å²) in [5, 5.41) is 5.61. The number of rotatable bonds is 4. The van der Waals surface area contributed by atoms with Crippen LogP contribution in [0.1, 0.15) is 17.3 Å². The van der Waals surface area contributed by atoms with Gasteiger partial charge in [0.1, 0.15) is 5.75 Å². The molecule has 1 amide bonds. The van der Waals surface area contributed by atoms with Crippen molar-refractivity contribution in [2.75, 3.05) is 12.1 Å². The highest BCUT2D eigenvalue weighted by molar-refractivity contribution is 6.28. The molecule has 0 N–H and O–H groups in total. The molecule has 2 aliphatic heterocycles. The van der Waals surface area contributed by atoms with Gasteiger partial charge in [0.2, 0.25) is 5.60 Å². The minimum atomic E-state index is -1.27. The number of nitrogens with zero attached hydrogens (tertiary/aromatic N) is 2. The normalized spacial score (nSPS) is 24.4. The van der Waals surface area contributed by atoms with Crippen molar-refractivity contribution in [3.8, 4) is 5.75 Å². The number of para-hydroxylation sites is 1. The number of Topliss-reactive ketones (excluding diaryl/α,β-unsaturated/α-hetero) is 1. The molecule has 2 aliphatic rings. The monoisotopic (exact) mass is 336 g/mol. The second-order valence-corrected chi connectivity index (χ2v) is 5.96. The van der Waals surface area contributed by atoms with E-state index in [4.69, 9.17) is 9.47 Å². The standard InChI is InChI=1S/C19H16N2O4/c1-12-19(18(23)21(20-12)14-6-4-3-5-7-14)17(25-19)16(22)13-8-10-15(24-2)11-9-13/h3-11,17H,1-2H3. The summed E-state index contributed by atoms with van der Waals surface area (Å²) < 4.78 is 10.7. The number of hydrogen-bond donors (Lipinski definition) is 0. The first-order valence-corrected chi connectivity index (χ1v) is 7.89. The van der Waals surface area contributed by atoms with Crippen molar-refractivity contribution in [1.29, 1.82) is 0 Å². The lowest BCUT2D eigenvalue weighted by Gasteiger charge is -2.12. The van der Waals surface area contributed by atoms with Gasteiger partial charge in [-0.1, -0.05) is 18.2 Å². The van der Waals surface area contributed by atoms with E-state index in [1.807, 2.05) is 18.2 Å². The van der Waals surface area contributed by atoms with Gasteiger partial charge in [0.25, 0.3) is 5.91 Å². The zero-order chi connectivity index (χ0) is 17.6. The Hall–Kier alpha value is -2.99. The molecule has 0 aliphatic carbocycles. The van der Waals surface area contributed by atoms with Gasteiger partial charge in [0.15, 0.2) is 11.9 Å². The van der Waals surface area contributed by atoms with Crippen molar-refractivity contribution >= 4 is 23.1 Å². The van der Waals surface area contributed by atoms with E-state index in [0.29, 0.717) is 22.7 Å². The van der Waals surface area contributed by atoms with Crippen molar-refractivity contribution in [3.63, 3.8) is 0 Å². The number of epoxide rings is 1. The summed E-state index contributed by atoms with van der Waals surface area (Å²) in [5.74, 6) is 0.0939. The molecule has 25 heavy (non-hydrogen) atoms. The van der Waals surface area contributed by atoms with Crippen LogP contribution < -0.4 is 9.75 Å². The van der Waals surface area contributed by atoms with Gasteiger partial charge >= 0.3 is 0 Å². The van der Waals surface area contributed by atoms with E-state index in [0.717, 1.165) is 0 Å². The lowest BCUT2D eigenvalue weighted by Crippen LogP contribution is -2.38. The molecule has 1 fully saturated rings. The van der Waals surface area contributed by atoms with Crippen LogP contribution in [0, 0.1) is 0 Å². The summed E-state index contributed by atoms with van der Waals surface area (Å²) in [6, 6.07) is 15.8. The summed E-state index contributed by atoms with van der Waals surface area (Å²) in [5.41, 5.74) is 0.344. The number of hydrazone groups is 1. The van der Waals surface area contributed by atoms with Crippen molar-refractivity contribution in [2.45, 2.75) is 18.6 Å². The molecule has 2 aromatic carbocycles. The second-order valence-electron chi connectivity index (χ2n) is 5.96. The third kappa shape index (κ3) is 2.26. The molecule has 0 radical (unpaired) electrons. The Kier molecular flexibility index (Phi) is 3.43. The number of carbonyl (C=O) groups excluding carboxylic acids is 2. The highest BCUT2D eigenvalue weighted by Gasteiger charge is 2.72. The summed E-state index contributed by atoms with van der Waals surface area (Å²) in [7, 11) is 1.56. The Morgan fingerprint density at radius 3 is 2.48 bits per heavy atom. The number of methoxy groups -OCH3 is 1. The molecular formula is C19H16N2O4. The van der Waals surface area contributed by atoms with E-state index < -0.39 is 11.7 Å². The summed E-state index contributed by atoms with van der Waals surface area (Å²) in [4.78, 5) is 25.6. The van der Waals surface area contributed by atoms with Crippen LogP contribution in [-0.2, 0) is 9.53 Å². The van der Waals surface area contributed by atoms with Crippen LogP contribution in [0.25, 0.3) is 0 Å². The van der Waals surface area contributed by atoms with E-state index in [9.17, 15) is 9.59 Å². The number of hydrogen-bond acceptors (Lipinski definition) is 5. The minimum Gasteiger partial charge on any atom is -0.497 e. The zero-order valence-electron chi connectivity index (χ0n) is 13.8. The molecule has 126 valence electrons. The Balaban J connectivity index is 1.59. The second kappa shape index (κ2) is 5.53. The molecule has 1 spiro atoms. The van der Waals surface area contributed by atoms with E-state index >= 15 is 0 Å². The maximum absolute atomic E-state index is 12.9. The topological polar surface area (TPSA) is 71.5 Å². The Bertz CT molecular complexity index is 876. The molecule has 2 unspecified atom stereocenters. The number of anilines is 1. The average molecular weight is 336 g/mol. The SMILES string of the molecule is COc1ccc(C(=O)C2OC23C(=O)N(c2ccccc2)N=C3C)cc1. The predicted molar refractivity (Wildman–Crippen MR) is 92.0 cm³/mol. The molecule has 1 saturated heterocycles. The van der Waals surface area contributed by atoms with Crippen molar-refractivity contribution < 1.29 is 19.1 Å². The van der Waals surface area contributed by atoms with Crippen molar-refractivity contribution in [2.24, 2.45) is 5.10 Å². The van der Waals surface area contributed by atoms with E-state index in [1.165, 1.54) is 5.01 Å². The Morgan fingerprint density at radius 1 is 1.16 bits per heavy atom. The number of benzene rings is 2. The first kappa shape index (κ1) is 15.5.